The monoisotopic (exact) mass is 606 g/mol. The molecule has 0 spiro atoms. The lowest BCUT2D eigenvalue weighted by Crippen LogP contribution is -2.35. The lowest BCUT2D eigenvalue weighted by Gasteiger charge is -2.29. The first-order chi connectivity index (χ1) is 17.2. The van der Waals surface area contributed by atoms with Crippen molar-refractivity contribution in [3.8, 4) is 0 Å². The second-order valence-corrected chi connectivity index (χ2v) is 10.9. The third kappa shape index (κ3) is 7.38. The van der Waals surface area contributed by atoms with Crippen molar-refractivity contribution in [1.82, 2.24) is 9.88 Å². The first kappa shape index (κ1) is 28.8. The smallest absolute Gasteiger partial charge is 0.335 e. The molecular formula is C26H28BrClN4O4S. The predicted molar refractivity (Wildman–Crippen MR) is 151 cm³/mol. The van der Waals surface area contributed by atoms with Gasteiger partial charge in [-0.2, -0.15) is 0 Å². The molecule has 2 aromatic carbocycles. The third-order valence-electron chi connectivity index (χ3n) is 6.04. The van der Waals surface area contributed by atoms with Crippen molar-refractivity contribution in [3.05, 3.63) is 73.6 Å². The van der Waals surface area contributed by atoms with E-state index in [1.807, 2.05) is 12.1 Å². The summed E-state index contributed by atoms with van der Waals surface area (Å²) in [7, 11) is 0. The van der Waals surface area contributed by atoms with E-state index in [0.29, 0.717) is 34.4 Å². The van der Waals surface area contributed by atoms with Crippen molar-refractivity contribution in [3.63, 3.8) is 0 Å². The summed E-state index contributed by atoms with van der Waals surface area (Å²) in [6.45, 7) is 5.97. The third-order valence-corrected chi connectivity index (χ3v) is 7.65. The minimum Gasteiger partial charge on any atom is -0.478 e. The highest BCUT2D eigenvalue weighted by molar-refractivity contribution is 9.10. The van der Waals surface area contributed by atoms with Crippen molar-refractivity contribution >= 4 is 68.8 Å². The molecule has 2 heterocycles. The fourth-order valence-electron chi connectivity index (χ4n) is 3.98. The number of hydrogen-bond donors (Lipinski definition) is 3. The summed E-state index contributed by atoms with van der Waals surface area (Å²) in [5, 5.41) is 15.5. The number of aromatic carboxylic acids is 1. The Labute approximate surface area is 234 Å². The van der Waals surface area contributed by atoms with Crippen LogP contribution >= 0.6 is 39.7 Å². The lowest BCUT2D eigenvalue weighted by atomic mass is 10.0. The van der Waals surface area contributed by atoms with Gasteiger partial charge in [-0.05, 0) is 62.2 Å². The number of carboxylic acids is 1. The normalized spacial score (nSPS) is 13.0. The number of halogens is 2. The zero-order valence-electron chi connectivity index (χ0n) is 20.4. The summed E-state index contributed by atoms with van der Waals surface area (Å²) in [6, 6.07) is 12.2. The fourth-order valence-corrected chi connectivity index (χ4v) is 5.27. The Bertz CT molecular complexity index is 1300. The predicted octanol–water partition coefficient (Wildman–Crippen LogP) is 5.62. The van der Waals surface area contributed by atoms with Crippen LogP contribution in [-0.4, -0.2) is 45.4 Å². The van der Waals surface area contributed by atoms with Crippen LogP contribution in [0.1, 0.15) is 56.6 Å². The number of benzene rings is 2. The Morgan fingerprint density at radius 1 is 1.14 bits per heavy atom. The van der Waals surface area contributed by atoms with Crippen LogP contribution in [0.15, 0.2) is 46.9 Å². The average Bonchev–Trinajstić information content (AvgIpc) is 3.28. The Morgan fingerprint density at radius 3 is 2.54 bits per heavy atom. The second-order valence-electron chi connectivity index (χ2n) is 8.89. The van der Waals surface area contributed by atoms with Crippen molar-refractivity contribution in [2.45, 2.75) is 45.7 Å². The quantitative estimate of drug-likeness (QED) is 0.307. The minimum atomic E-state index is -1.09. The number of carboxylic acid groups (broad SMARTS) is 1. The maximum Gasteiger partial charge on any atom is 0.335 e. The van der Waals surface area contributed by atoms with Gasteiger partial charge in [0.05, 0.1) is 11.3 Å². The number of fused-ring (bicyclic) bond motifs is 1. The van der Waals surface area contributed by atoms with Gasteiger partial charge >= 0.3 is 5.97 Å². The Hall–Kier alpha value is -2.79. The van der Waals surface area contributed by atoms with Gasteiger partial charge in [0.2, 0.25) is 5.91 Å². The minimum absolute atomic E-state index is 0. The molecular weight excluding hydrogens is 580 g/mol. The molecule has 3 N–H and O–H groups in total. The number of carbonyl (C=O) groups is 3. The molecule has 1 aromatic heterocycles. The molecule has 11 heteroatoms. The van der Waals surface area contributed by atoms with E-state index in [1.54, 1.807) is 18.2 Å². The molecule has 3 aromatic rings. The molecule has 0 saturated heterocycles. The van der Waals surface area contributed by atoms with Crippen molar-refractivity contribution in [2.24, 2.45) is 0 Å². The van der Waals surface area contributed by atoms with Crippen LogP contribution in [0.25, 0.3) is 0 Å². The van der Waals surface area contributed by atoms with Crippen LogP contribution in [0, 0.1) is 0 Å². The number of carbonyl (C=O) groups excluding carboxylic acids is 2. The standard InChI is InChI=1S/C26H27BrN4O4S.ClH/c1-15(2)31-12-11-20-22(14-31)36-25(30-20)24(33)29-21-13-17(26(34)35)4-3-16(21)5-10-23(32)28-19-8-6-18(27)7-9-19;/h3-4,6-9,13,15H,5,10-12,14H2,1-2H3,(H,28,32)(H,29,33)(H,34,35);1H. The fraction of sp³-hybridized carbons (Fsp3) is 0.308. The number of hydrogen-bond acceptors (Lipinski definition) is 6. The summed E-state index contributed by atoms with van der Waals surface area (Å²) >= 11 is 4.74. The van der Waals surface area contributed by atoms with E-state index in [2.05, 4.69) is 50.3 Å². The van der Waals surface area contributed by atoms with E-state index < -0.39 is 5.97 Å². The summed E-state index contributed by atoms with van der Waals surface area (Å²) in [4.78, 5) is 45.1. The number of aromatic nitrogens is 1. The van der Waals surface area contributed by atoms with Crippen molar-refractivity contribution in [1.29, 1.82) is 0 Å². The Balaban J connectivity index is 0.00000380. The highest BCUT2D eigenvalue weighted by atomic mass is 79.9. The second kappa shape index (κ2) is 12.6. The summed E-state index contributed by atoms with van der Waals surface area (Å²) in [5.41, 5.74) is 2.73. The molecule has 1 aliphatic rings. The maximum atomic E-state index is 13.1. The number of nitrogens with one attached hydrogen (secondary N) is 2. The number of thiazole rings is 1. The van der Waals surface area contributed by atoms with Gasteiger partial charge in [0.1, 0.15) is 0 Å². The molecule has 196 valence electrons. The van der Waals surface area contributed by atoms with Crippen LogP contribution in [0.3, 0.4) is 0 Å². The van der Waals surface area contributed by atoms with Crippen LogP contribution < -0.4 is 10.6 Å². The summed E-state index contributed by atoms with van der Waals surface area (Å²) in [5.74, 6) is -1.66. The van der Waals surface area contributed by atoms with Gasteiger partial charge in [0.15, 0.2) is 5.01 Å². The largest absolute Gasteiger partial charge is 0.478 e. The molecule has 0 bridgehead atoms. The molecule has 0 aliphatic carbocycles. The Morgan fingerprint density at radius 2 is 1.86 bits per heavy atom. The van der Waals surface area contributed by atoms with Crippen LogP contribution in [0.2, 0.25) is 0 Å². The highest BCUT2D eigenvalue weighted by Crippen LogP contribution is 2.28. The Kier molecular flexibility index (Phi) is 9.83. The average molecular weight is 608 g/mol. The van der Waals surface area contributed by atoms with E-state index in [1.165, 1.54) is 23.5 Å². The first-order valence-electron chi connectivity index (χ1n) is 11.6. The van der Waals surface area contributed by atoms with Crippen molar-refractivity contribution < 1.29 is 19.5 Å². The van der Waals surface area contributed by atoms with Gasteiger partial charge in [-0.3, -0.25) is 14.5 Å². The highest BCUT2D eigenvalue weighted by Gasteiger charge is 2.25. The molecule has 0 saturated carbocycles. The summed E-state index contributed by atoms with van der Waals surface area (Å²) in [6.07, 6.45) is 1.29. The number of anilines is 2. The van der Waals surface area contributed by atoms with Gasteiger partial charge in [0, 0.05) is 52.7 Å². The molecule has 4 rings (SSSR count). The number of aryl methyl sites for hydroxylation is 1. The van der Waals surface area contributed by atoms with E-state index in [-0.39, 0.29) is 36.2 Å². The van der Waals surface area contributed by atoms with Crippen LogP contribution in [-0.2, 0) is 24.2 Å². The van der Waals surface area contributed by atoms with Gasteiger partial charge in [-0.15, -0.1) is 23.7 Å². The zero-order chi connectivity index (χ0) is 25.8. The first-order valence-corrected chi connectivity index (χ1v) is 13.3. The number of nitrogens with zero attached hydrogens (tertiary/aromatic N) is 2. The van der Waals surface area contributed by atoms with Crippen molar-refractivity contribution in [2.75, 3.05) is 17.2 Å². The summed E-state index contributed by atoms with van der Waals surface area (Å²) < 4.78 is 0.915. The molecule has 0 unspecified atom stereocenters. The number of rotatable bonds is 8. The van der Waals surface area contributed by atoms with Gasteiger partial charge in [-0.25, -0.2) is 9.78 Å². The van der Waals surface area contributed by atoms with E-state index in [0.717, 1.165) is 34.6 Å². The van der Waals surface area contributed by atoms with E-state index in [9.17, 15) is 19.5 Å². The zero-order valence-corrected chi connectivity index (χ0v) is 23.6. The topological polar surface area (TPSA) is 112 Å². The van der Waals surface area contributed by atoms with Gasteiger partial charge < -0.3 is 15.7 Å². The van der Waals surface area contributed by atoms with E-state index >= 15 is 0 Å². The molecule has 37 heavy (non-hydrogen) atoms. The van der Waals surface area contributed by atoms with Gasteiger partial charge in [-0.1, -0.05) is 22.0 Å². The molecule has 0 radical (unpaired) electrons. The molecule has 0 atom stereocenters. The van der Waals surface area contributed by atoms with Crippen LogP contribution in [0.5, 0.6) is 0 Å². The van der Waals surface area contributed by atoms with Gasteiger partial charge in [0.25, 0.3) is 5.91 Å². The lowest BCUT2D eigenvalue weighted by molar-refractivity contribution is -0.116. The molecule has 0 fully saturated rings. The van der Waals surface area contributed by atoms with E-state index in [4.69, 9.17) is 0 Å². The van der Waals surface area contributed by atoms with Crippen LogP contribution in [0.4, 0.5) is 11.4 Å². The molecule has 8 nitrogen and oxygen atoms in total. The maximum absolute atomic E-state index is 13.1. The number of amides is 2. The SMILES string of the molecule is CC(C)N1CCc2nc(C(=O)Nc3cc(C(=O)O)ccc3CCC(=O)Nc3ccc(Br)cc3)sc2C1.Cl. The molecule has 2 amide bonds. The molecule has 1 aliphatic heterocycles.